The molecule has 0 aliphatic carbocycles. The van der Waals surface area contributed by atoms with Crippen LogP contribution in [0, 0.1) is 11.2 Å². The standard InChI is InChI=1S/C30H36F4N2O6/c1-3-40-23-15-20(16-24(41-4-2)28(23)21-5-7-22(31)8-6-21)19-35-11-9-29(10-12-35)18-26(38)36(13-14-37)25(29)17-27(39)42-30(32,33)34/h5-8,15-16,25,37H,3-4,9-14,17-19H2,1-2H3. The topological polar surface area (TPSA) is 88.5 Å². The molecule has 1 spiro atoms. The van der Waals surface area contributed by atoms with E-state index in [1.807, 2.05) is 26.0 Å². The van der Waals surface area contributed by atoms with Gasteiger partial charge in [-0.3, -0.25) is 14.5 Å². The van der Waals surface area contributed by atoms with Crippen LogP contribution in [0.2, 0.25) is 0 Å². The minimum atomic E-state index is -5.11. The van der Waals surface area contributed by atoms with Crippen LogP contribution in [-0.4, -0.2) is 78.6 Å². The molecule has 0 saturated carbocycles. The highest BCUT2D eigenvalue weighted by molar-refractivity contribution is 5.82. The summed E-state index contributed by atoms with van der Waals surface area (Å²) >= 11 is 0. The van der Waals surface area contributed by atoms with E-state index in [-0.39, 0.29) is 31.3 Å². The fraction of sp³-hybridized carbons (Fsp3) is 0.533. The van der Waals surface area contributed by atoms with Gasteiger partial charge in [-0.1, -0.05) is 12.1 Å². The fourth-order valence-electron chi connectivity index (χ4n) is 6.17. The first-order valence-corrected chi connectivity index (χ1v) is 14.1. The van der Waals surface area contributed by atoms with Crippen molar-refractivity contribution in [1.29, 1.82) is 0 Å². The van der Waals surface area contributed by atoms with Crippen LogP contribution in [-0.2, 0) is 20.9 Å². The van der Waals surface area contributed by atoms with Gasteiger partial charge in [0.15, 0.2) is 0 Å². The van der Waals surface area contributed by atoms with Crippen molar-refractivity contribution >= 4 is 11.9 Å². The van der Waals surface area contributed by atoms with Gasteiger partial charge in [-0.2, -0.15) is 0 Å². The lowest BCUT2D eigenvalue weighted by Gasteiger charge is -2.43. The molecule has 1 N–H and O–H groups in total. The third-order valence-electron chi connectivity index (χ3n) is 7.95. The van der Waals surface area contributed by atoms with Gasteiger partial charge >= 0.3 is 12.3 Å². The van der Waals surface area contributed by atoms with Crippen LogP contribution in [0.25, 0.3) is 11.1 Å². The lowest BCUT2D eigenvalue weighted by atomic mass is 9.71. The second-order valence-corrected chi connectivity index (χ2v) is 10.6. The summed E-state index contributed by atoms with van der Waals surface area (Å²) < 4.78 is 67.2. The van der Waals surface area contributed by atoms with E-state index in [9.17, 15) is 32.3 Å². The number of ether oxygens (including phenoxy) is 3. The number of hydrogen-bond donors (Lipinski definition) is 1. The molecule has 2 fully saturated rings. The molecule has 2 aliphatic heterocycles. The monoisotopic (exact) mass is 596 g/mol. The van der Waals surface area contributed by atoms with Crippen molar-refractivity contribution in [3.63, 3.8) is 0 Å². The van der Waals surface area contributed by atoms with Crippen molar-refractivity contribution in [3.05, 3.63) is 47.8 Å². The first-order valence-electron chi connectivity index (χ1n) is 14.1. The third kappa shape index (κ3) is 7.33. The summed E-state index contributed by atoms with van der Waals surface area (Å²) in [7, 11) is 0. The number of β-amino-alcohol motifs (C(OH)–C–C–N with tert-alkyl or cyclic N) is 1. The second kappa shape index (κ2) is 13.3. The summed E-state index contributed by atoms with van der Waals surface area (Å²) in [5.41, 5.74) is 1.69. The fourth-order valence-corrected chi connectivity index (χ4v) is 6.17. The Bertz CT molecular complexity index is 1220. The summed E-state index contributed by atoms with van der Waals surface area (Å²) in [5.74, 6) is -0.885. The van der Waals surface area contributed by atoms with Gasteiger partial charge < -0.3 is 24.2 Å². The Morgan fingerprint density at radius 2 is 1.64 bits per heavy atom. The lowest BCUT2D eigenvalue weighted by Crippen LogP contribution is -2.49. The van der Waals surface area contributed by atoms with E-state index in [0.717, 1.165) is 16.7 Å². The first-order chi connectivity index (χ1) is 20.0. The molecule has 42 heavy (non-hydrogen) atoms. The van der Waals surface area contributed by atoms with E-state index < -0.39 is 30.2 Å². The highest BCUT2D eigenvalue weighted by Crippen LogP contribution is 2.48. The summed E-state index contributed by atoms with van der Waals surface area (Å²) in [5, 5.41) is 9.47. The Kier molecular flexibility index (Phi) is 9.98. The Labute approximate surface area is 242 Å². The minimum Gasteiger partial charge on any atom is -0.493 e. The number of nitrogens with zero attached hydrogens (tertiary/aromatic N) is 2. The van der Waals surface area contributed by atoms with Gasteiger partial charge in [-0.15, -0.1) is 13.2 Å². The first kappa shape index (κ1) is 31.6. The van der Waals surface area contributed by atoms with E-state index >= 15 is 0 Å². The van der Waals surface area contributed by atoms with E-state index in [1.54, 1.807) is 12.1 Å². The normalized spacial score (nSPS) is 18.9. The molecule has 0 radical (unpaired) electrons. The zero-order valence-corrected chi connectivity index (χ0v) is 23.7. The number of aliphatic hydroxyl groups excluding tert-OH is 1. The molecule has 2 saturated heterocycles. The van der Waals surface area contributed by atoms with E-state index in [2.05, 4.69) is 9.64 Å². The van der Waals surface area contributed by atoms with Crippen LogP contribution in [0.5, 0.6) is 11.5 Å². The third-order valence-corrected chi connectivity index (χ3v) is 7.95. The van der Waals surface area contributed by atoms with Crippen molar-refractivity contribution in [2.24, 2.45) is 5.41 Å². The number of alkyl halides is 3. The van der Waals surface area contributed by atoms with Crippen LogP contribution >= 0.6 is 0 Å². The molecule has 2 heterocycles. The molecule has 1 atom stereocenters. The molecule has 8 nitrogen and oxygen atoms in total. The number of benzene rings is 2. The van der Waals surface area contributed by atoms with Gasteiger partial charge in [0.2, 0.25) is 5.91 Å². The minimum absolute atomic E-state index is 0.0604. The molecular formula is C30H36F4N2O6. The quantitative estimate of drug-likeness (QED) is 0.291. The van der Waals surface area contributed by atoms with Crippen LogP contribution in [0.3, 0.4) is 0 Å². The largest absolute Gasteiger partial charge is 0.575 e. The van der Waals surface area contributed by atoms with Gasteiger partial charge in [-0.25, -0.2) is 4.39 Å². The Balaban J connectivity index is 1.53. The maximum atomic E-state index is 13.6. The highest BCUT2D eigenvalue weighted by atomic mass is 19.4. The Morgan fingerprint density at radius 3 is 2.17 bits per heavy atom. The number of esters is 1. The molecule has 12 heteroatoms. The van der Waals surface area contributed by atoms with E-state index in [0.29, 0.717) is 57.2 Å². The molecule has 2 aliphatic rings. The molecule has 2 aromatic rings. The van der Waals surface area contributed by atoms with Crippen LogP contribution in [0.1, 0.15) is 45.1 Å². The second-order valence-electron chi connectivity index (χ2n) is 10.6. The number of piperidine rings is 1. The van der Waals surface area contributed by atoms with Gasteiger partial charge in [0.25, 0.3) is 0 Å². The predicted octanol–water partition coefficient (Wildman–Crippen LogP) is 4.92. The van der Waals surface area contributed by atoms with Crippen molar-refractivity contribution in [2.45, 2.75) is 58.5 Å². The van der Waals surface area contributed by atoms with Crippen LogP contribution < -0.4 is 9.47 Å². The summed E-state index contributed by atoms with van der Waals surface area (Å²) in [6, 6.07) is 9.15. The number of hydrogen-bond acceptors (Lipinski definition) is 7. The molecule has 2 aromatic carbocycles. The number of likely N-dealkylation sites (tertiary alicyclic amines) is 2. The zero-order chi connectivity index (χ0) is 30.5. The number of amides is 1. The molecule has 0 bridgehead atoms. The van der Waals surface area contributed by atoms with E-state index in [1.165, 1.54) is 17.0 Å². The van der Waals surface area contributed by atoms with Gasteiger partial charge in [0, 0.05) is 31.0 Å². The van der Waals surface area contributed by atoms with Gasteiger partial charge in [0.1, 0.15) is 17.3 Å². The molecule has 1 unspecified atom stereocenters. The SMILES string of the molecule is CCOc1cc(CN2CCC3(CC2)CC(=O)N(CCO)C3CC(=O)OC(F)(F)F)cc(OCC)c1-c1ccc(F)cc1. The summed E-state index contributed by atoms with van der Waals surface area (Å²) in [4.78, 5) is 28.5. The molecule has 4 rings (SSSR count). The molecule has 1 amide bonds. The average Bonchev–Trinajstić information content (AvgIpc) is 3.15. The number of rotatable bonds is 11. The Hall–Kier alpha value is -3.38. The van der Waals surface area contributed by atoms with E-state index in [4.69, 9.17) is 9.47 Å². The molecule has 0 aromatic heterocycles. The number of carbonyl (C=O) groups excluding carboxylic acids is 2. The molecular weight excluding hydrogens is 560 g/mol. The van der Waals surface area contributed by atoms with Crippen molar-refractivity contribution in [2.75, 3.05) is 39.5 Å². The Morgan fingerprint density at radius 1 is 1.05 bits per heavy atom. The summed E-state index contributed by atoms with van der Waals surface area (Å²) in [6.07, 6.45) is -4.64. The summed E-state index contributed by atoms with van der Waals surface area (Å²) in [6.45, 7) is 5.74. The molecule has 230 valence electrons. The van der Waals surface area contributed by atoms with Crippen LogP contribution in [0.15, 0.2) is 36.4 Å². The van der Waals surface area contributed by atoms with Crippen molar-refractivity contribution < 1.29 is 46.5 Å². The number of carbonyl (C=O) groups is 2. The maximum Gasteiger partial charge on any atom is 0.575 e. The zero-order valence-electron chi connectivity index (χ0n) is 23.7. The van der Waals surface area contributed by atoms with Crippen LogP contribution in [0.4, 0.5) is 17.6 Å². The van der Waals surface area contributed by atoms with Crippen molar-refractivity contribution in [3.8, 4) is 22.6 Å². The highest BCUT2D eigenvalue weighted by Gasteiger charge is 2.53. The predicted molar refractivity (Wildman–Crippen MR) is 145 cm³/mol. The van der Waals surface area contributed by atoms with Crippen molar-refractivity contribution in [1.82, 2.24) is 9.80 Å². The smallest absolute Gasteiger partial charge is 0.493 e. The number of halogens is 4. The lowest BCUT2D eigenvalue weighted by molar-refractivity contribution is -0.306. The van der Waals surface area contributed by atoms with Gasteiger partial charge in [-0.05, 0) is 75.2 Å². The van der Waals surface area contributed by atoms with Gasteiger partial charge in [0.05, 0.1) is 31.8 Å². The number of aliphatic hydroxyl groups is 1. The maximum absolute atomic E-state index is 13.6. The average molecular weight is 597 g/mol.